The van der Waals surface area contributed by atoms with Crippen molar-refractivity contribution in [1.29, 1.82) is 0 Å². The van der Waals surface area contributed by atoms with E-state index in [9.17, 15) is 14.0 Å². The Bertz CT molecular complexity index is 501. The number of hydrogen-bond donors (Lipinski definition) is 2. The maximum atomic E-state index is 13.8. The van der Waals surface area contributed by atoms with Crippen LogP contribution in [0.15, 0.2) is 18.2 Å². The number of hydrogen-bond acceptors (Lipinski definition) is 2. The Morgan fingerprint density at radius 3 is 2.50 bits per heavy atom. The Hall–Kier alpha value is -1.91. The molecule has 1 rings (SSSR count). The van der Waals surface area contributed by atoms with Gasteiger partial charge in [0.1, 0.15) is 11.9 Å². The minimum absolute atomic E-state index is 0.0477. The molecule has 0 saturated carbocycles. The first-order chi connectivity index (χ1) is 9.32. The van der Waals surface area contributed by atoms with Crippen LogP contribution in [-0.2, 0) is 4.79 Å². The molecule has 0 aliphatic heterocycles. The van der Waals surface area contributed by atoms with Crippen molar-refractivity contribution in [3.63, 3.8) is 0 Å². The van der Waals surface area contributed by atoms with Gasteiger partial charge in [-0.15, -0.1) is 0 Å². The lowest BCUT2D eigenvalue weighted by Crippen LogP contribution is -2.45. The third-order valence-corrected chi connectivity index (χ3v) is 2.86. The topological polar surface area (TPSA) is 58.2 Å². The van der Waals surface area contributed by atoms with E-state index >= 15 is 0 Å². The first-order valence-corrected chi connectivity index (χ1v) is 6.66. The van der Waals surface area contributed by atoms with Crippen molar-refractivity contribution in [3.8, 4) is 0 Å². The number of nitrogens with one attached hydrogen (secondary N) is 2. The van der Waals surface area contributed by atoms with Crippen molar-refractivity contribution in [2.45, 2.75) is 33.7 Å². The number of halogens is 1. The molecule has 5 heteroatoms. The van der Waals surface area contributed by atoms with Crippen LogP contribution in [0.2, 0.25) is 0 Å². The molecule has 1 atom stereocenters. The van der Waals surface area contributed by atoms with Crippen molar-refractivity contribution in [2.24, 2.45) is 5.92 Å². The van der Waals surface area contributed by atoms with Gasteiger partial charge in [0, 0.05) is 6.54 Å². The Balaban J connectivity index is 2.66. The Morgan fingerprint density at radius 1 is 1.25 bits per heavy atom. The number of benzene rings is 1. The lowest BCUT2D eigenvalue weighted by atomic mass is 10.1. The fourth-order valence-electron chi connectivity index (χ4n) is 1.62. The average molecular weight is 280 g/mol. The van der Waals surface area contributed by atoms with Crippen LogP contribution in [0.25, 0.3) is 0 Å². The molecular weight excluding hydrogens is 259 g/mol. The smallest absolute Gasteiger partial charge is 0.254 e. The minimum Gasteiger partial charge on any atom is -0.354 e. The summed E-state index contributed by atoms with van der Waals surface area (Å²) < 4.78 is 13.8. The lowest BCUT2D eigenvalue weighted by Gasteiger charge is -2.15. The summed E-state index contributed by atoms with van der Waals surface area (Å²) in [5, 5.41) is 5.21. The highest BCUT2D eigenvalue weighted by molar-refractivity contribution is 5.97. The molecule has 20 heavy (non-hydrogen) atoms. The number of aryl methyl sites for hydroxylation is 1. The Morgan fingerprint density at radius 2 is 1.90 bits per heavy atom. The minimum atomic E-state index is -0.707. The van der Waals surface area contributed by atoms with Crippen molar-refractivity contribution in [1.82, 2.24) is 10.6 Å². The van der Waals surface area contributed by atoms with Crippen molar-refractivity contribution < 1.29 is 14.0 Å². The maximum absolute atomic E-state index is 13.8. The highest BCUT2D eigenvalue weighted by Crippen LogP contribution is 2.11. The molecule has 1 aromatic rings. The second-order valence-corrected chi connectivity index (χ2v) is 5.27. The van der Waals surface area contributed by atoms with E-state index in [1.54, 1.807) is 26.0 Å². The first kappa shape index (κ1) is 16.1. The van der Waals surface area contributed by atoms with Gasteiger partial charge in [-0.05, 0) is 31.4 Å². The summed E-state index contributed by atoms with van der Waals surface area (Å²) in [6.45, 7) is 7.65. The van der Waals surface area contributed by atoms with Crippen molar-refractivity contribution >= 4 is 11.8 Å². The van der Waals surface area contributed by atoms with Crippen LogP contribution in [0.5, 0.6) is 0 Å². The van der Waals surface area contributed by atoms with Crippen LogP contribution < -0.4 is 10.6 Å². The third-order valence-electron chi connectivity index (χ3n) is 2.86. The molecule has 0 aliphatic rings. The maximum Gasteiger partial charge on any atom is 0.254 e. The van der Waals surface area contributed by atoms with Gasteiger partial charge in [-0.3, -0.25) is 9.59 Å². The van der Waals surface area contributed by atoms with Crippen LogP contribution in [0.1, 0.15) is 36.7 Å². The largest absolute Gasteiger partial charge is 0.354 e. The summed E-state index contributed by atoms with van der Waals surface area (Å²) >= 11 is 0. The van der Waals surface area contributed by atoms with Gasteiger partial charge in [0.15, 0.2) is 0 Å². The second kappa shape index (κ2) is 7.03. The van der Waals surface area contributed by atoms with Crippen LogP contribution in [0.3, 0.4) is 0 Å². The third kappa shape index (κ3) is 4.33. The molecule has 110 valence electrons. The predicted molar refractivity (Wildman–Crippen MR) is 75.9 cm³/mol. The van der Waals surface area contributed by atoms with Gasteiger partial charge < -0.3 is 10.6 Å². The highest BCUT2D eigenvalue weighted by atomic mass is 19.1. The fourth-order valence-corrected chi connectivity index (χ4v) is 1.62. The van der Waals surface area contributed by atoms with E-state index in [0.717, 1.165) is 0 Å². The zero-order valence-electron chi connectivity index (χ0n) is 12.3. The average Bonchev–Trinajstić information content (AvgIpc) is 2.38. The monoisotopic (exact) mass is 280 g/mol. The Kier molecular flexibility index (Phi) is 5.67. The van der Waals surface area contributed by atoms with Crippen LogP contribution >= 0.6 is 0 Å². The Labute approximate surface area is 118 Å². The SMILES string of the molecule is Cc1cccc(C(=O)NC(C)C(=O)NCC(C)C)c1F. The molecular formula is C15H21FN2O2. The normalized spacial score (nSPS) is 12.1. The van der Waals surface area contributed by atoms with E-state index in [1.807, 2.05) is 13.8 Å². The number of rotatable bonds is 5. The van der Waals surface area contributed by atoms with Gasteiger partial charge in [-0.1, -0.05) is 26.0 Å². The summed E-state index contributed by atoms with van der Waals surface area (Å²) in [7, 11) is 0. The van der Waals surface area contributed by atoms with Crippen LogP contribution in [0.4, 0.5) is 4.39 Å². The lowest BCUT2D eigenvalue weighted by molar-refractivity contribution is -0.122. The van der Waals surface area contributed by atoms with Crippen LogP contribution in [0, 0.1) is 18.7 Å². The fraction of sp³-hybridized carbons (Fsp3) is 0.467. The standard InChI is InChI=1S/C15H21FN2O2/c1-9(2)8-17-14(19)11(4)18-15(20)12-7-5-6-10(3)13(12)16/h5-7,9,11H,8H2,1-4H3,(H,17,19)(H,18,20). The number of amides is 2. The van der Waals surface area contributed by atoms with Crippen molar-refractivity contribution in [2.75, 3.05) is 6.54 Å². The summed E-state index contributed by atoms with van der Waals surface area (Å²) in [6.07, 6.45) is 0. The zero-order chi connectivity index (χ0) is 15.3. The molecule has 1 unspecified atom stereocenters. The molecule has 0 aromatic heterocycles. The quantitative estimate of drug-likeness (QED) is 0.867. The molecule has 0 saturated heterocycles. The molecule has 1 aromatic carbocycles. The molecule has 0 aliphatic carbocycles. The van der Waals surface area contributed by atoms with Gasteiger partial charge in [-0.2, -0.15) is 0 Å². The van der Waals surface area contributed by atoms with Crippen molar-refractivity contribution in [3.05, 3.63) is 35.1 Å². The molecule has 0 fully saturated rings. The highest BCUT2D eigenvalue weighted by Gasteiger charge is 2.19. The predicted octanol–water partition coefficient (Wildman–Crippen LogP) is 2.02. The second-order valence-electron chi connectivity index (χ2n) is 5.27. The summed E-state index contributed by atoms with van der Waals surface area (Å²) in [5.74, 6) is -1.09. The zero-order valence-corrected chi connectivity index (χ0v) is 12.3. The van der Waals surface area contributed by atoms with Gasteiger partial charge in [0.25, 0.3) is 5.91 Å². The van der Waals surface area contributed by atoms with E-state index in [2.05, 4.69) is 10.6 Å². The van der Waals surface area contributed by atoms with E-state index < -0.39 is 17.8 Å². The molecule has 0 bridgehead atoms. The van der Waals surface area contributed by atoms with Gasteiger partial charge in [0.2, 0.25) is 5.91 Å². The number of carbonyl (C=O) groups is 2. The molecule has 0 heterocycles. The van der Waals surface area contributed by atoms with E-state index in [-0.39, 0.29) is 11.5 Å². The van der Waals surface area contributed by atoms with E-state index in [0.29, 0.717) is 18.0 Å². The van der Waals surface area contributed by atoms with Crippen LogP contribution in [-0.4, -0.2) is 24.4 Å². The molecule has 2 amide bonds. The molecule has 0 spiro atoms. The molecule has 4 nitrogen and oxygen atoms in total. The number of carbonyl (C=O) groups excluding carboxylic acids is 2. The molecule has 2 N–H and O–H groups in total. The first-order valence-electron chi connectivity index (χ1n) is 6.66. The van der Waals surface area contributed by atoms with Gasteiger partial charge in [0.05, 0.1) is 5.56 Å². The van der Waals surface area contributed by atoms with E-state index in [4.69, 9.17) is 0 Å². The van der Waals surface area contributed by atoms with Gasteiger partial charge >= 0.3 is 0 Å². The summed E-state index contributed by atoms with van der Waals surface area (Å²) in [6, 6.07) is 3.89. The van der Waals surface area contributed by atoms with Gasteiger partial charge in [-0.25, -0.2) is 4.39 Å². The summed E-state index contributed by atoms with van der Waals surface area (Å²) in [5.41, 5.74) is 0.350. The molecule has 0 radical (unpaired) electrons. The summed E-state index contributed by atoms with van der Waals surface area (Å²) in [4.78, 5) is 23.7. The van der Waals surface area contributed by atoms with E-state index in [1.165, 1.54) is 6.07 Å².